The summed E-state index contributed by atoms with van der Waals surface area (Å²) < 4.78 is 5.93. The predicted molar refractivity (Wildman–Crippen MR) is 94.9 cm³/mol. The molecule has 0 N–H and O–H groups in total. The highest BCUT2D eigenvalue weighted by Gasteiger charge is 2.24. The van der Waals surface area contributed by atoms with Crippen molar-refractivity contribution in [3.63, 3.8) is 0 Å². The van der Waals surface area contributed by atoms with Crippen molar-refractivity contribution in [2.75, 3.05) is 4.90 Å². The number of anilines is 3. The average molecular weight is 303 g/mol. The zero-order chi connectivity index (χ0) is 15.8. The lowest BCUT2D eigenvalue weighted by Crippen LogP contribution is -2.16. The van der Waals surface area contributed by atoms with Crippen molar-refractivity contribution in [3.8, 4) is 0 Å². The van der Waals surface area contributed by atoms with E-state index < -0.39 is 0 Å². The van der Waals surface area contributed by atoms with Gasteiger partial charge in [0.1, 0.15) is 0 Å². The largest absolute Gasteiger partial charge is 0.448 e. The van der Waals surface area contributed by atoms with E-state index in [2.05, 4.69) is 67.3 Å². The molecule has 0 fully saturated rings. The molecule has 0 aliphatic carbocycles. The molecule has 1 aliphatic heterocycles. The highest BCUT2D eigenvalue weighted by molar-refractivity contribution is 5.79. The first-order valence-electron chi connectivity index (χ1n) is 8.26. The minimum absolute atomic E-state index is 0.962. The maximum Gasteiger partial charge on any atom is 0.207 e. The molecule has 2 aromatic carbocycles. The molecule has 0 spiro atoms. The van der Waals surface area contributed by atoms with E-state index in [0.717, 1.165) is 25.1 Å². The highest BCUT2D eigenvalue weighted by Crippen LogP contribution is 2.42. The molecule has 0 saturated heterocycles. The lowest BCUT2D eigenvalue weighted by atomic mass is 9.99. The van der Waals surface area contributed by atoms with Gasteiger partial charge in [-0.25, -0.2) is 0 Å². The monoisotopic (exact) mass is 303 g/mol. The van der Waals surface area contributed by atoms with Crippen molar-refractivity contribution in [2.45, 2.75) is 33.1 Å². The number of aryl methyl sites for hydroxylation is 4. The van der Waals surface area contributed by atoms with E-state index in [1.54, 1.807) is 0 Å². The molecule has 3 aromatic rings. The van der Waals surface area contributed by atoms with Gasteiger partial charge in [-0.3, -0.25) is 4.90 Å². The Labute approximate surface area is 137 Å². The molecule has 0 radical (unpaired) electrons. The van der Waals surface area contributed by atoms with Crippen LogP contribution in [0.4, 0.5) is 17.3 Å². The van der Waals surface area contributed by atoms with Crippen LogP contribution < -0.4 is 4.90 Å². The molecule has 0 amide bonds. The summed E-state index contributed by atoms with van der Waals surface area (Å²) in [4.78, 5) is 2.29. The van der Waals surface area contributed by atoms with Crippen LogP contribution in [-0.2, 0) is 12.8 Å². The number of fused-ring (bicyclic) bond motifs is 2. The number of benzene rings is 2. The Balaban J connectivity index is 1.98. The summed E-state index contributed by atoms with van der Waals surface area (Å²) in [5.41, 5.74) is 7.65. The Morgan fingerprint density at radius 3 is 2.57 bits per heavy atom. The minimum atomic E-state index is 0.962. The van der Waals surface area contributed by atoms with Crippen molar-refractivity contribution in [2.24, 2.45) is 0 Å². The van der Waals surface area contributed by atoms with Gasteiger partial charge in [0.05, 0.1) is 17.6 Å². The van der Waals surface area contributed by atoms with Gasteiger partial charge in [0, 0.05) is 5.56 Å². The smallest absolute Gasteiger partial charge is 0.207 e. The van der Waals surface area contributed by atoms with E-state index in [1.165, 1.54) is 33.6 Å². The van der Waals surface area contributed by atoms with E-state index in [-0.39, 0.29) is 0 Å². The maximum absolute atomic E-state index is 5.93. The molecule has 1 aromatic heterocycles. The van der Waals surface area contributed by atoms with Crippen LogP contribution in [0.5, 0.6) is 0 Å². The van der Waals surface area contributed by atoms with E-state index in [4.69, 9.17) is 4.42 Å². The molecule has 23 heavy (non-hydrogen) atoms. The summed E-state index contributed by atoms with van der Waals surface area (Å²) in [5.74, 6) is 0.962. The number of hydrogen-bond donors (Lipinski definition) is 0. The Kier molecular flexibility index (Phi) is 3.45. The van der Waals surface area contributed by atoms with Gasteiger partial charge in [-0.1, -0.05) is 35.9 Å². The maximum atomic E-state index is 5.93. The predicted octanol–water partition coefficient (Wildman–Crippen LogP) is 5.85. The van der Waals surface area contributed by atoms with Crippen molar-refractivity contribution in [3.05, 3.63) is 77.0 Å². The quantitative estimate of drug-likeness (QED) is 0.560. The fourth-order valence-corrected chi connectivity index (χ4v) is 3.53. The molecular weight excluding hydrogens is 282 g/mol. The molecule has 4 rings (SSSR count). The fourth-order valence-electron chi connectivity index (χ4n) is 3.53. The lowest BCUT2D eigenvalue weighted by molar-refractivity contribution is 0.568. The zero-order valence-corrected chi connectivity index (χ0v) is 13.7. The number of hydrogen-bond acceptors (Lipinski definition) is 2. The van der Waals surface area contributed by atoms with Crippen LogP contribution in [0.3, 0.4) is 0 Å². The van der Waals surface area contributed by atoms with Gasteiger partial charge in [-0.2, -0.15) is 0 Å². The molecule has 2 heterocycles. The molecule has 0 atom stereocenters. The van der Waals surface area contributed by atoms with Crippen LogP contribution >= 0.6 is 0 Å². The molecule has 0 bridgehead atoms. The summed E-state index contributed by atoms with van der Waals surface area (Å²) >= 11 is 0. The standard InChI is InChI=1S/C21H21NO/c1-15-10-11-19(16(2)14-15)22-20-9-4-3-6-17(20)7-5-8-18-12-13-23-21(18)22/h3-4,6,9-14H,5,7-8H2,1-2H3. The Bertz CT molecular complexity index is 847. The summed E-state index contributed by atoms with van der Waals surface area (Å²) in [6.45, 7) is 4.31. The van der Waals surface area contributed by atoms with Crippen LogP contribution in [0.1, 0.15) is 28.7 Å². The lowest BCUT2D eigenvalue weighted by Gasteiger charge is -2.29. The Morgan fingerprint density at radius 1 is 0.870 bits per heavy atom. The highest BCUT2D eigenvalue weighted by atomic mass is 16.3. The first-order valence-corrected chi connectivity index (χ1v) is 8.26. The van der Waals surface area contributed by atoms with Gasteiger partial charge in [0.2, 0.25) is 5.88 Å². The molecule has 116 valence electrons. The van der Waals surface area contributed by atoms with Crippen molar-refractivity contribution < 1.29 is 4.42 Å². The van der Waals surface area contributed by atoms with Crippen LogP contribution in [0.25, 0.3) is 0 Å². The molecule has 2 heteroatoms. The number of nitrogens with zero attached hydrogens (tertiary/aromatic N) is 1. The van der Waals surface area contributed by atoms with Crippen molar-refractivity contribution >= 4 is 17.3 Å². The van der Waals surface area contributed by atoms with Gasteiger partial charge < -0.3 is 4.42 Å². The van der Waals surface area contributed by atoms with Gasteiger partial charge in [-0.05, 0) is 62.4 Å². The number of rotatable bonds is 1. The SMILES string of the molecule is Cc1ccc(N2c3ccccc3CCCc3ccoc32)c(C)c1. The molecule has 0 unspecified atom stereocenters. The van der Waals surface area contributed by atoms with Gasteiger partial charge >= 0.3 is 0 Å². The number of para-hydroxylation sites is 1. The fraction of sp³-hybridized carbons (Fsp3) is 0.238. The van der Waals surface area contributed by atoms with E-state index >= 15 is 0 Å². The Hall–Kier alpha value is -2.48. The summed E-state index contributed by atoms with van der Waals surface area (Å²) in [5, 5.41) is 0. The summed E-state index contributed by atoms with van der Waals surface area (Å²) in [7, 11) is 0. The molecular formula is C21H21NO. The van der Waals surface area contributed by atoms with Crippen LogP contribution in [-0.4, -0.2) is 0 Å². The topological polar surface area (TPSA) is 16.4 Å². The molecule has 0 saturated carbocycles. The van der Waals surface area contributed by atoms with E-state index in [1.807, 2.05) is 6.26 Å². The van der Waals surface area contributed by atoms with Gasteiger partial charge in [0.25, 0.3) is 0 Å². The third kappa shape index (κ3) is 2.44. The van der Waals surface area contributed by atoms with Crippen molar-refractivity contribution in [1.29, 1.82) is 0 Å². The summed E-state index contributed by atoms with van der Waals surface area (Å²) in [6, 6.07) is 17.4. The Morgan fingerprint density at radius 2 is 1.70 bits per heavy atom. The van der Waals surface area contributed by atoms with Crippen LogP contribution in [0, 0.1) is 13.8 Å². The summed E-state index contributed by atoms with van der Waals surface area (Å²) in [6.07, 6.45) is 5.13. The van der Waals surface area contributed by atoms with Gasteiger partial charge in [0.15, 0.2) is 0 Å². The minimum Gasteiger partial charge on any atom is -0.448 e. The first-order chi connectivity index (χ1) is 11.2. The second-order valence-corrected chi connectivity index (χ2v) is 6.36. The third-order valence-electron chi connectivity index (χ3n) is 4.64. The normalized spacial score (nSPS) is 13.9. The van der Waals surface area contributed by atoms with Gasteiger partial charge in [-0.15, -0.1) is 0 Å². The molecule has 1 aliphatic rings. The van der Waals surface area contributed by atoms with E-state index in [0.29, 0.717) is 0 Å². The third-order valence-corrected chi connectivity index (χ3v) is 4.64. The van der Waals surface area contributed by atoms with Crippen molar-refractivity contribution in [1.82, 2.24) is 0 Å². The molecule has 2 nitrogen and oxygen atoms in total. The van der Waals surface area contributed by atoms with E-state index in [9.17, 15) is 0 Å². The second-order valence-electron chi connectivity index (χ2n) is 6.36. The van der Waals surface area contributed by atoms with Crippen LogP contribution in [0.2, 0.25) is 0 Å². The first kappa shape index (κ1) is 14.1. The average Bonchev–Trinajstić information content (AvgIpc) is 2.97. The zero-order valence-electron chi connectivity index (χ0n) is 13.7. The van der Waals surface area contributed by atoms with Crippen LogP contribution in [0.15, 0.2) is 59.2 Å². The second kappa shape index (κ2) is 5.62. The number of furan rings is 1.